The molecule has 0 radical (unpaired) electrons. The fraction of sp³-hybridized carbons (Fsp3) is 0.143. The Balaban J connectivity index is 1.67. The molecule has 2 aromatic heterocycles. The van der Waals surface area contributed by atoms with E-state index in [2.05, 4.69) is 12.1 Å². The molecule has 0 bridgehead atoms. The smallest absolute Gasteiger partial charge is 0.205 e. The monoisotopic (exact) mass is 362 g/mol. The second kappa shape index (κ2) is 5.61. The molecule has 2 aromatic carbocycles. The summed E-state index contributed by atoms with van der Waals surface area (Å²) in [5.74, 6) is -0.566. The molecule has 0 saturated heterocycles. The quantitative estimate of drug-likeness (QED) is 0.517. The molecule has 26 heavy (non-hydrogen) atoms. The average molecular weight is 362 g/mol. The summed E-state index contributed by atoms with van der Waals surface area (Å²) in [4.78, 5) is 18.8. The molecule has 0 saturated carbocycles. The molecule has 0 fully saturated rings. The van der Waals surface area contributed by atoms with Crippen LogP contribution in [0.2, 0.25) is 0 Å². The number of ketones is 1. The summed E-state index contributed by atoms with van der Waals surface area (Å²) in [7, 11) is 0. The number of fused-ring (bicyclic) bond motifs is 3. The lowest BCUT2D eigenvalue weighted by Gasteiger charge is -2.03. The van der Waals surface area contributed by atoms with Crippen molar-refractivity contribution in [3.63, 3.8) is 0 Å². The molecule has 2 N–H and O–H groups in total. The number of benzene rings is 2. The summed E-state index contributed by atoms with van der Waals surface area (Å²) in [6.07, 6.45) is 3.40. The maximum atomic E-state index is 13.1. The lowest BCUT2D eigenvalue weighted by atomic mass is 10.0. The maximum absolute atomic E-state index is 13.1. The molecular formula is C21H15FN2OS. The number of thiophene rings is 1. The van der Waals surface area contributed by atoms with E-state index in [-0.39, 0.29) is 11.6 Å². The lowest BCUT2D eigenvalue weighted by molar-refractivity contribution is 0.104. The number of aromatic nitrogens is 1. The van der Waals surface area contributed by atoms with Crippen LogP contribution in [0.3, 0.4) is 0 Å². The summed E-state index contributed by atoms with van der Waals surface area (Å²) >= 11 is 1.30. The van der Waals surface area contributed by atoms with Gasteiger partial charge in [-0.25, -0.2) is 9.37 Å². The number of rotatable bonds is 2. The third kappa shape index (κ3) is 2.31. The SMILES string of the molecule is Nc1c(C(=O)c2ccc(F)cc2)sc2nc3cc4c(cc3cc12)CCC4. The van der Waals surface area contributed by atoms with Crippen molar-refractivity contribution in [3.8, 4) is 0 Å². The number of nitrogens with two attached hydrogens (primary N) is 1. The number of anilines is 1. The van der Waals surface area contributed by atoms with Crippen molar-refractivity contribution < 1.29 is 9.18 Å². The normalized spacial score (nSPS) is 13.4. The Morgan fingerprint density at radius 3 is 2.58 bits per heavy atom. The van der Waals surface area contributed by atoms with Gasteiger partial charge in [0, 0.05) is 16.3 Å². The summed E-state index contributed by atoms with van der Waals surface area (Å²) in [6.45, 7) is 0. The largest absolute Gasteiger partial charge is 0.397 e. The Bertz CT molecular complexity index is 1190. The second-order valence-corrected chi connectivity index (χ2v) is 7.69. The zero-order valence-electron chi connectivity index (χ0n) is 13.9. The Morgan fingerprint density at radius 1 is 1.08 bits per heavy atom. The Labute approximate surface area is 153 Å². The van der Waals surface area contributed by atoms with Gasteiger partial charge in [0.25, 0.3) is 0 Å². The molecule has 5 heteroatoms. The summed E-state index contributed by atoms with van der Waals surface area (Å²) in [6, 6.07) is 11.9. The van der Waals surface area contributed by atoms with Gasteiger partial charge >= 0.3 is 0 Å². The number of carbonyl (C=O) groups excluding carboxylic acids is 1. The van der Waals surface area contributed by atoms with Crippen molar-refractivity contribution in [2.45, 2.75) is 19.3 Å². The van der Waals surface area contributed by atoms with Crippen molar-refractivity contribution >= 4 is 43.9 Å². The first-order valence-electron chi connectivity index (χ1n) is 8.55. The molecule has 0 amide bonds. The van der Waals surface area contributed by atoms with Crippen molar-refractivity contribution in [2.75, 3.05) is 5.73 Å². The minimum atomic E-state index is -0.369. The van der Waals surface area contributed by atoms with Crippen LogP contribution in [0.25, 0.3) is 21.1 Å². The summed E-state index contributed by atoms with van der Waals surface area (Å²) in [5.41, 5.74) is 10.9. The first-order valence-corrected chi connectivity index (χ1v) is 9.36. The van der Waals surface area contributed by atoms with Crippen LogP contribution < -0.4 is 5.73 Å². The fourth-order valence-electron chi connectivity index (χ4n) is 3.68. The highest BCUT2D eigenvalue weighted by Crippen LogP contribution is 2.37. The van der Waals surface area contributed by atoms with E-state index in [1.165, 1.54) is 53.1 Å². The molecule has 0 spiro atoms. The van der Waals surface area contributed by atoms with Crippen LogP contribution in [0.5, 0.6) is 0 Å². The average Bonchev–Trinajstić information content (AvgIpc) is 3.22. The number of hydrogen-bond acceptors (Lipinski definition) is 4. The third-order valence-electron chi connectivity index (χ3n) is 5.04. The van der Waals surface area contributed by atoms with Crippen LogP contribution in [0.4, 0.5) is 10.1 Å². The van der Waals surface area contributed by atoms with Gasteiger partial charge in [-0.1, -0.05) is 0 Å². The molecule has 1 aliphatic rings. The standard InChI is InChI=1S/C21H15FN2OS/c22-15-6-4-11(5-7-15)19(25)20-18(23)16-9-14-8-12-2-1-3-13(12)10-17(14)24-21(16)26-20/h4-10H,1-3,23H2. The van der Waals surface area contributed by atoms with Crippen LogP contribution in [0.15, 0.2) is 42.5 Å². The van der Waals surface area contributed by atoms with Gasteiger partial charge < -0.3 is 5.73 Å². The van der Waals surface area contributed by atoms with Gasteiger partial charge in [-0.2, -0.15) is 0 Å². The minimum absolute atomic E-state index is 0.197. The maximum Gasteiger partial charge on any atom is 0.205 e. The van der Waals surface area contributed by atoms with Crippen molar-refractivity contribution in [3.05, 3.63) is 69.8 Å². The highest BCUT2D eigenvalue weighted by Gasteiger charge is 2.20. The van der Waals surface area contributed by atoms with Gasteiger partial charge in [-0.3, -0.25) is 4.79 Å². The van der Waals surface area contributed by atoms with E-state index >= 15 is 0 Å². The van der Waals surface area contributed by atoms with E-state index in [1.807, 2.05) is 6.07 Å². The fourth-order valence-corrected chi connectivity index (χ4v) is 4.72. The van der Waals surface area contributed by atoms with Gasteiger partial charge in [0.05, 0.1) is 11.2 Å². The molecule has 1 aliphatic carbocycles. The molecule has 0 atom stereocenters. The number of aryl methyl sites for hydroxylation is 2. The van der Waals surface area contributed by atoms with Crippen LogP contribution in [-0.4, -0.2) is 10.8 Å². The molecule has 0 unspecified atom stereocenters. The number of nitrogens with zero attached hydrogens (tertiary/aromatic N) is 1. The van der Waals surface area contributed by atoms with E-state index < -0.39 is 0 Å². The topological polar surface area (TPSA) is 56.0 Å². The van der Waals surface area contributed by atoms with Crippen LogP contribution in [0, 0.1) is 5.82 Å². The predicted molar refractivity (Wildman–Crippen MR) is 103 cm³/mol. The number of nitrogen functional groups attached to an aromatic ring is 1. The third-order valence-corrected chi connectivity index (χ3v) is 6.15. The van der Waals surface area contributed by atoms with Crippen LogP contribution >= 0.6 is 11.3 Å². The van der Waals surface area contributed by atoms with Crippen LogP contribution in [-0.2, 0) is 12.8 Å². The Kier molecular flexibility index (Phi) is 3.34. The lowest BCUT2D eigenvalue weighted by Crippen LogP contribution is -2.02. The predicted octanol–water partition coefficient (Wildman–Crippen LogP) is 4.89. The molecule has 5 rings (SSSR count). The molecule has 4 aromatic rings. The zero-order valence-corrected chi connectivity index (χ0v) is 14.7. The molecular weight excluding hydrogens is 347 g/mol. The van der Waals surface area contributed by atoms with Crippen molar-refractivity contribution in [1.82, 2.24) is 4.98 Å². The zero-order chi connectivity index (χ0) is 17.8. The van der Waals surface area contributed by atoms with Gasteiger partial charge in [-0.05, 0) is 72.9 Å². The number of carbonyl (C=O) groups is 1. The first kappa shape index (κ1) is 15.5. The second-order valence-electron chi connectivity index (χ2n) is 6.69. The summed E-state index contributed by atoms with van der Waals surface area (Å²) in [5, 5.41) is 1.87. The van der Waals surface area contributed by atoms with Crippen LogP contribution in [0.1, 0.15) is 32.8 Å². The van der Waals surface area contributed by atoms with Crippen molar-refractivity contribution in [2.24, 2.45) is 0 Å². The van der Waals surface area contributed by atoms with Gasteiger partial charge in [0.2, 0.25) is 5.78 Å². The van der Waals surface area contributed by atoms with E-state index in [0.717, 1.165) is 34.0 Å². The van der Waals surface area contributed by atoms with Gasteiger partial charge in [0.15, 0.2) is 0 Å². The molecule has 3 nitrogen and oxygen atoms in total. The highest BCUT2D eigenvalue weighted by atomic mass is 32.1. The van der Waals surface area contributed by atoms with E-state index in [0.29, 0.717) is 16.1 Å². The van der Waals surface area contributed by atoms with E-state index in [9.17, 15) is 9.18 Å². The molecule has 128 valence electrons. The Hall–Kier alpha value is -2.79. The van der Waals surface area contributed by atoms with Gasteiger partial charge in [-0.15, -0.1) is 11.3 Å². The molecule has 0 aliphatic heterocycles. The van der Waals surface area contributed by atoms with Gasteiger partial charge in [0.1, 0.15) is 15.5 Å². The first-order chi connectivity index (χ1) is 12.6. The molecule has 2 heterocycles. The minimum Gasteiger partial charge on any atom is -0.397 e. The van der Waals surface area contributed by atoms with E-state index in [1.54, 1.807) is 0 Å². The summed E-state index contributed by atoms with van der Waals surface area (Å²) < 4.78 is 13.1. The highest BCUT2D eigenvalue weighted by molar-refractivity contribution is 7.21. The number of pyridine rings is 1. The number of hydrogen-bond donors (Lipinski definition) is 1. The van der Waals surface area contributed by atoms with Crippen molar-refractivity contribution in [1.29, 1.82) is 0 Å². The number of halogens is 1. The Morgan fingerprint density at radius 2 is 1.81 bits per heavy atom. The van der Waals surface area contributed by atoms with E-state index in [4.69, 9.17) is 10.7 Å².